The van der Waals surface area contributed by atoms with Crippen LogP contribution in [-0.4, -0.2) is 27.9 Å². The van der Waals surface area contributed by atoms with Gasteiger partial charge in [-0.05, 0) is 31.1 Å². The highest BCUT2D eigenvalue weighted by Crippen LogP contribution is 2.30. The molecule has 2 rings (SSSR count). The van der Waals surface area contributed by atoms with Crippen molar-refractivity contribution in [2.24, 2.45) is 0 Å². The molecular formula is C14H19N3O3S. The van der Waals surface area contributed by atoms with Crippen molar-refractivity contribution in [2.75, 3.05) is 11.5 Å². The third-order valence-corrected chi connectivity index (χ3v) is 4.85. The average Bonchev–Trinajstić information content (AvgIpc) is 2.86. The summed E-state index contributed by atoms with van der Waals surface area (Å²) in [4.78, 5) is 22.5. The standard InChI is InChI=1S/C14H19N3O3S/c1-2-21-11-5-3-9(7-11)16-14(18)12-8-10(17(19)20)4-6-13(12)15/h4,6,8-9,11H,2-3,5,7,15H2,1H3,(H,16,18)/t9-,11+/m1/s1. The molecule has 0 unspecified atom stereocenters. The molecule has 1 aliphatic rings. The maximum Gasteiger partial charge on any atom is 0.270 e. The Hall–Kier alpha value is -1.76. The quantitative estimate of drug-likeness (QED) is 0.495. The molecule has 1 fully saturated rings. The van der Waals surface area contributed by atoms with E-state index >= 15 is 0 Å². The third kappa shape index (κ3) is 3.87. The van der Waals surface area contributed by atoms with Crippen LogP contribution in [-0.2, 0) is 0 Å². The molecule has 7 heteroatoms. The van der Waals surface area contributed by atoms with Gasteiger partial charge in [0.1, 0.15) is 0 Å². The minimum Gasteiger partial charge on any atom is -0.398 e. The van der Waals surface area contributed by atoms with Gasteiger partial charge in [-0.15, -0.1) is 0 Å². The maximum atomic E-state index is 12.2. The molecule has 1 aromatic rings. The summed E-state index contributed by atoms with van der Waals surface area (Å²) >= 11 is 1.91. The van der Waals surface area contributed by atoms with Crippen molar-refractivity contribution in [3.63, 3.8) is 0 Å². The number of carbonyl (C=O) groups is 1. The molecule has 0 bridgehead atoms. The zero-order valence-corrected chi connectivity index (χ0v) is 12.7. The number of amides is 1. The Kier molecular flexibility index (Phi) is 5.06. The van der Waals surface area contributed by atoms with E-state index in [9.17, 15) is 14.9 Å². The van der Waals surface area contributed by atoms with Crippen LogP contribution >= 0.6 is 11.8 Å². The van der Waals surface area contributed by atoms with Crippen LogP contribution in [0.25, 0.3) is 0 Å². The molecule has 21 heavy (non-hydrogen) atoms. The number of nitrogens with two attached hydrogens (primary N) is 1. The normalized spacial score (nSPS) is 21.2. The number of nitrogens with zero attached hydrogens (tertiary/aromatic N) is 1. The van der Waals surface area contributed by atoms with Crippen LogP contribution in [0.2, 0.25) is 0 Å². The molecule has 0 radical (unpaired) electrons. The summed E-state index contributed by atoms with van der Waals surface area (Å²) in [5.41, 5.74) is 6.06. The molecule has 1 saturated carbocycles. The first-order valence-electron chi connectivity index (χ1n) is 6.97. The Balaban J connectivity index is 2.04. The van der Waals surface area contributed by atoms with Crippen LogP contribution in [0.4, 0.5) is 11.4 Å². The molecule has 2 atom stereocenters. The number of nitrogens with one attached hydrogen (secondary N) is 1. The summed E-state index contributed by atoms with van der Waals surface area (Å²) in [5.74, 6) is 0.742. The number of non-ortho nitro benzene ring substituents is 1. The van der Waals surface area contributed by atoms with Crippen LogP contribution in [0.1, 0.15) is 36.5 Å². The van der Waals surface area contributed by atoms with Crippen LogP contribution in [0.3, 0.4) is 0 Å². The minimum atomic E-state index is -0.528. The Morgan fingerprint density at radius 2 is 2.29 bits per heavy atom. The lowest BCUT2D eigenvalue weighted by atomic mass is 10.1. The first kappa shape index (κ1) is 15.6. The van der Waals surface area contributed by atoms with Crippen molar-refractivity contribution in [1.82, 2.24) is 5.32 Å². The van der Waals surface area contributed by atoms with Gasteiger partial charge in [0.2, 0.25) is 0 Å². The predicted molar refractivity (Wildman–Crippen MR) is 84.5 cm³/mol. The first-order valence-corrected chi connectivity index (χ1v) is 8.02. The summed E-state index contributed by atoms with van der Waals surface area (Å²) in [7, 11) is 0. The number of rotatable bonds is 5. The summed E-state index contributed by atoms with van der Waals surface area (Å²) in [5, 5.41) is 14.3. The smallest absolute Gasteiger partial charge is 0.270 e. The van der Waals surface area contributed by atoms with Gasteiger partial charge in [-0.1, -0.05) is 6.92 Å². The van der Waals surface area contributed by atoms with E-state index in [0.29, 0.717) is 5.25 Å². The van der Waals surface area contributed by atoms with E-state index < -0.39 is 4.92 Å². The second-order valence-corrected chi connectivity index (χ2v) is 6.67. The number of benzene rings is 1. The highest BCUT2D eigenvalue weighted by molar-refractivity contribution is 7.99. The molecule has 1 aliphatic carbocycles. The number of nitro groups is 1. The number of hydrogen-bond donors (Lipinski definition) is 2. The first-order chi connectivity index (χ1) is 10.0. The van der Waals surface area contributed by atoms with Gasteiger partial charge in [-0.2, -0.15) is 11.8 Å². The number of nitrogen functional groups attached to an aromatic ring is 1. The zero-order valence-electron chi connectivity index (χ0n) is 11.9. The van der Waals surface area contributed by atoms with Gasteiger partial charge < -0.3 is 11.1 Å². The molecule has 1 amide bonds. The van der Waals surface area contributed by atoms with E-state index in [2.05, 4.69) is 12.2 Å². The molecule has 3 N–H and O–H groups in total. The van der Waals surface area contributed by atoms with E-state index in [1.807, 2.05) is 11.8 Å². The second kappa shape index (κ2) is 6.80. The van der Waals surface area contributed by atoms with Crippen molar-refractivity contribution >= 4 is 29.0 Å². The molecule has 6 nitrogen and oxygen atoms in total. The number of thioether (sulfide) groups is 1. The van der Waals surface area contributed by atoms with Gasteiger partial charge in [-0.25, -0.2) is 0 Å². The molecule has 114 valence electrons. The Morgan fingerprint density at radius 1 is 1.52 bits per heavy atom. The van der Waals surface area contributed by atoms with E-state index in [-0.39, 0.29) is 28.9 Å². The van der Waals surface area contributed by atoms with Gasteiger partial charge in [0.25, 0.3) is 11.6 Å². The molecule has 0 heterocycles. The van der Waals surface area contributed by atoms with E-state index in [4.69, 9.17) is 5.73 Å². The summed E-state index contributed by atoms with van der Waals surface area (Å²) in [6, 6.07) is 4.06. The van der Waals surface area contributed by atoms with Gasteiger partial charge in [-0.3, -0.25) is 14.9 Å². The third-order valence-electron chi connectivity index (χ3n) is 3.61. The summed E-state index contributed by atoms with van der Waals surface area (Å²) in [6.07, 6.45) is 2.98. The van der Waals surface area contributed by atoms with Crippen LogP contribution in [0.5, 0.6) is 0 Å². The highest BCUT2D eigenvalue weighted by Gasteiger charge is 2.26. The van der Waals surface area contributed by atoms with Crippen molar-refractivity contribution < 1.29 is 9.72 Å². The molecular weight excluding hydrogens is 290 g/mol. The van der Waals surface area contributed by atoms with Crippen molar-refractivity contribution in [2.45, 2.75) is 37.5 Å². The monoisotopic (exact) mass is 309 g/mol. The van der Waals surface area contributed by atoms with Gasteiger partial charge >= 0.3 is 0 Å². The fourth-order valence-electron chi connectivity index (χ4n) is 2.58. The minimum absolute atomic E-state index is 0.125. The Labute approximate surface area is 127 Å². The largest absolute Gasteiger partial charge is 0.398 e. The second-order valence-electron chi connectivity index (χ2n) is 5.09. The molecule has 1 aromatic carbocycles. The number of hydrogen-bond acceptors (Lipinski definition) is 5. The van der Waals surface area contributed by atoms with Crippen molar-refractivity contribution in [3.8, 4) is 0 Å². The molecule has 0 aliphatic heterocycles. The van der Waals surface area contributed by atoms with Crippen LogP contribution in [0.15, 0.2) is 18.2 Å². The molecule has 0 spiro atoms. The Morgan fingerprint density at radius 3 is 2.95 bits per heavy atom. The zero-order chi connectivity index (χ0) is 15.4. The van der Waals surface area contributed by atoms with Crippen LogP contribution in [0, 0.1) is 10.1 Å². The maximum absolute atomic E-state index is 12.2. The van der Waals surface area contributed by atoms with Crippen molar-refractivity contribution in [3.05, 3.63) is 33.9 Å². The topological polar surface area (TPSA) is 98.3 Å². The summed E-state index contributed by atoms with van der Waals surface area (Å²) in [6.45, 7) is 2.13. The predicted octanol–water partition coefficient (Wildman–Crippen LogP) is 2.58. The number of carbonyl (C=O) groups excluding carboxylic acids is 1. The van der Waals surface area contributed by atoms with Gasteiger partial charge in [0, 0.05) is 29.1 Å². The fourth-order valence-corrected chi connectivity index (χ4v) is 3.72. The lowest BCUT2D eigenvalue weighted by Gasteiger charge is -2.14. The SMILES string of the molecule is CCS[C@H]1CC[C@@H](NC(=O)c2cc([N+](=O)[O-])ccc2N)C1. The van der Waals surface area contributed by atoms with Gasteiger partial charge in [0.05, 0.1) is 10.5 Å². The molecule has 0 saturated heterocycles. The average molecular weight is 309 g/mol. The van der Waals surface area contributed by atoms with E-state index in [0.717, 1.165) is 25.0 Å². The van der Waals surface area contributed by atoms with Crippen LogP contribution < -0.4 is 11.1 Å². The fraction of sp³-hybridized carbons (Fsp3) is 0.500. The lowest BCUT2D eigenvalue weighted by Crippen LogP contribution is -2.33. The van der Waals surface area contributed by atoms with E-state index in [1.54, 1.807) is 0 Å². The summed E-state index contributed by atoms with van der Waals surface area (Å²) < 4.78 is 0. The lowest BCUT2D eigenvalue weighted by molar-refractivity contribution is -0.384. The van der Waals surface area contributed by atoms with E-state index in [1.165, 1.54) is 18.2 Å². The number of nitro benzene ring substituents is 1. The number of anilines is 1. The molecule has 0 aromatic heterocycles. The van der Waals surface area contributed by atoms with Crippen molar-refractivity contribution in [1.29, 1.82) is 0 Å². The highest BCUT2D eigenvalue weighted by atomic mass is 32.2. The van der Waals surface area contributed by atoms with Gasteiger partial charge in [0.15, 0.2) is 0 Å². The Bertz CT molecular complexity index is 550.